The first-order valence-corrected chi connectivity index (χ1v) is 5.99. The van der Waals surface area contributed by atoms with Gasteiger partial charge in [0.1, 0.15) is 11.6 Å². The highest BCUT2D eigenvalue weighted by molar-refractivity contribution is 6.17. The molecule has 2 aromatic carbocycles. The zero-order valence-electron chi connectivity index (χ0n) is 9.83. The monoisotopic (exact) mass is 267 g/mol. The average molecular weight is 268 g/mol. The van der Waals surface area contributed by atoms with E-state index in [1.165, 1.54) is 18.2 Å². The fourth-order valence-corrected chi connectivity index (χ4v) is 2.05. The van der Waals surface area contributed by atoms with Gasteiger partial charge in [0.2, 0.25) is 0 Å². The molecule has 2 aromatic rings. The van der Waals surface area contributed by atoms with Crippen molar-refractivity contribution in [1.82, 2.24) is 0 Å². The third-order valence-corrected chi connectivity index (χ3v) is 3.05. The van der Waals surface area contributed by atoms with Crippen LogP contribution < -0.4 is 4.90 Å². The molecule has 0 saturated carbocycles. The molecule has 0 saturated heterocycles. The molecule has 0 heterocycles. The number of benzene rings is 2. The maximum atomic E-state index is 13.9. The molecule has 0 aliphatic rings. The number of alkyl halides is 1. The van der Waals surface area contributed by atoms with Crippen LogP contribution in [0.3, 0.4) is 0 Å². The van der Waals surface area contributed by atoms with Gasteiger partial charge in [0.15, 0.2) is 0 Å². The standard InChI is InChI=1S/C14H12ClF2N/c1-18(12-7-5-11(16)6-8-12)14-10(9-15)3-2-4-13(14)17/h2-8H,9H2,1H3. The second-order valence-electron chi connectivity index (χ2n) is 3.92. The predicted octanol–water partition coefficient (Wildman–Crippen LogP) is 4.47. The molecule has 0 bridgehead atoms. The third-order valence-electron chi connectivity index (χ3n) is 2.76. The molecule has 0 unspecified atom stereocenters. The van der Waals surface area contributed by atoms with Crippen LogP contribution in [0, 0.1) is 11.6 Å². The number of hydrogen-bond donors (Lipinski definition) is 0. The van der Waals surface area contributed by atoms with E-state index in [-0.39, 0.29) is 17.5 Å². The average Bonchev–Trinajstić information content (AvgIpc) is 2.38. The minimum atomic E-state index is -0.347. The molecular formula is C14H12ClF2N. The van der Waals surface area contributed by atoms with Crippen molar-refractivity contribution >= 4 is 23.0 Å². The molecule has 0 radical (unpaired) electrons. The highest BCUT2D eigenvalue weighted by atomic mass is 35.5. The van der Waals surface area contributed by atoms with Crippen molar-refractivity contribution in [3.05, 3.63) is 59.7 Å². The summed E-state index contributed by atoms with van der Waals surface area (Å²) in [4.78, 5) is 1.66. The Morgan fingerprint density at radius 1 is 1.06 bits per heavy atom. The zero-order chi connectivity index (χ0) is 13.1. The van der Waals surface area contributed by atoms with E-state index in [4.69, 9.17) is 11.6 Å². The van der Waals surface area contributed by atoms with Gasteiger partial charge in [-0.05, 0) is 35.9 Å². The van der Waals surface area contributed by atoms with Crippen LogP contribution in [0.25, 0.3) is 0 Å². The van der Waals surface area contributed by atoms with Gasteiger partial charge in [0, 0.05) is 18.6 Å². The molecule has 0 aromatic heterocycles. The topological polar surface area (TPSA) is 3.24 Å². The molecule has 0 spiro atoms. The quantitative estimate of drug-likeness (QED) is 0.742. The van der Waals surface area contributed by atoms with Gasteiger partial charge < -0.3 is 4.90 Å². The lowest BCUT2D eigenvalue weighted by Crippen LogP contribution is -2.13. The molecule has 94 valence electrons. The lowest BCUT2D eigenvalue weighted by atomic mass is 10.1. The summed E-state index contributed by atoms with van der Waals surface area (Å²) in [6.45, 7) is 0. The molecule has 2 rings (SSSR count). The van der Waals surface area contributed by atoms with Gasteiger partial charge >= 0.3 is 0 Å². The van der Waals surface area contributed by atoms with Gasteiger partial charge in [-0.2, -0.15) is 0 Å². The van der Waals surface area contributed by atoms with Gasteiger partial charge in [-0.25, -0.2) is 8.78 Å². The molecule has 0 atom stereocenters. The van der Waals surface area contributed by atoms with Crippen molar-refractivity contribution in [2.24, 2.45) is 0 Å². The SMILES string of the molecule is CN(c1ccc(F)cc1)c1c(F)cccc1CCl. The van der Waals surface area contributed by atoms with Crippen molar-refractivity contribution in [2.45, 2.75) is 5.88 Å². The fourth-order valence-electron chi connectivity index (χ4n) is 1.84. The van der Waals surface area contributed by atoms with Crippen LogP contribution >= 0.6 is 11.6 Å². The van der Waals surface area contributed by atoms with Crippen molar-refractivity contribution in [1.29, 1.82) is 0 Å². The maximum Gasteiger partial charge on any atom is 0.147 e. The molecular weight excluding hydrogens is 256 g/mol. The summed E-state index contributed by atoms with van der Waals surface area (Å²) in [6, 6.07) is 10.6. The molecule has 0 aliphatic heterocycles. The van der Waals surface area contributed by atoms with Crippen LogP contribution in [-0.4, -0.2) is 7.05 Å². The first kappa shape index (κ1) is 12.8. The summed E-state index contributed by atoms with van der Waals surface area (Å²) in [5.41, 5.74) is 1.82. The van der Waals surface area contributed by atoms with Crippen LogP contribution in [-0.2, 0) is 5.88 Å². The van der Waals surface area contributed by atoms with E-state index < -0.39 is 0 Å². The second-order valence-corrected chi connectivity index (χ2v) is 4.18. The van der Waals surface area contributed by atoms with E-state index >= 15 is 0 Å². The first-order valence-electron chi connectivity index (χ1n) is 5.46. The van der Waals surface area contributed by atoms with Crippen LogP contribution in [0.1, 0.15) is 5.56 Å². The van der Waals surface area contributed by atoms with E-state index in [0.717, 1.165) is 0 Å². The van der Waals surface area contributed by atoms with Crippen molar-refractivity contribution in [3.63, 3.8) is 0 Å². The Morgan fingerprint density at radius 3 is 2.33 bits per heavy atom. The number of rotatable bonds is 3. The number of para-hydroxylation sites is 1. The largest absolute Gasteiger partial charge is 0.342 e. The summed E-state index contributed by atoms with van der Waals surface area (Å²) in [7, 11) is 1.72. The van der Waals surface area contributed by atoms with E-state index in [0.29, 0.717) is 16.9 Å². The molecule has 0 aliphatic carbocycles. The first-order chi connectivity index (χ1) is 8.63. The predicted molar refractivity (Wildman–Crippen MR) is 70.4 cm³/mol. The maximum absolute atomic E-state index is 13.9. The Balaban J connectivity index is 2.45. The highest BCUT2D eigenvalue weighted by Crippen LogP contribution is 2.30. The number of halogens is 3. The summed E-state index contributed by atoms with van der Waals surface area (Å²) in [5.74, 6) is -0.447. The molecule has 0 N–H and O–H groups in total. The minimum absolute atomic E-state index is 0.221. The van der Waals surface area contributed by atoms with Crippen molar-refractivity contribution in [3.8, 4) is 0 Å². The zero-order valence-corrected chi connectivity index (χ0v) is 10.6. The Hall–Kier alpha value is -1.61. The lowest BCUT2D eigenvalue weighted by Gasteiger charge is -2.22. The highest BCUT2D eigenvalue weighted by Gasteiger charge is 2.13. The van der Waals surface area contributed by atoms with Crippen molar-refractivity contribution in [2.75, 3.05) is 11.9 Å². The van der Waals surface area contributed by atoms with Crippen LogP contribution in [0.2, 0.25) is 0 Å². The van der Waals surface area contributed by atoms with E-state index in [9.17, 15) is 8.78 Å². The Labute approximate surface area is 110 Å². The second kappa shape index (κ2) is 5.36. The van der Waals surface area contributed by atoms with Crippen molar-refractivity contribution < 1.29 is 8.78 Å². The minimum Gasteiger partial charge on any atom is -0.342 e. The van der Waals surface area contributed by atoms with Gasteiger partial charge in [-0.15, -0.1) is 11.6 Å². The summed E-state index contributed by atoms with van der Waals surface area (Å²) < 4.78 is 26.7. The van der Waals surface area contributed by atoms with Crippen LogP contribution in [0.4, 0.5) is 20.2 Å². The Kier molecular flexibility index (Phi) is 3.82. The summed E-state index contributed by atoms with van der Waals surface area (Å²) in [5, 5.41) is 0. The van der Waals surface area contributed by atoms with Gasteiger partial charge in [-0.1, -0.05) is 12.1 Å². The van der Waals surface area contributed by atoms with Gasteiger partial charge in [0.25, 0.3) is 0 Å². The molecule has 0 fully saturated rings. The van der Waals surface area contributed by atoms with Gasteiger partial charge in [0.05, 0.1) is 5.69 Å². The summed E-state index contributed by atoms with van der Waals surface area (Å²) in [6.07, 6.45) is 0. The fraction of sp³-hybridized carbons (Fsp3) is 0.143. The van der Waals surface area contributed by atoms with Gasteiger partial charge in [-0.3, -0.25) is 0 Å². The molecule has 1 nitrogen and oxygen atoms in total. The Morgan fingerprint density at radius 2 is 1.72 bits per heavy atom. The molecule has 4 heteroatoms. The van der Waals surface area contributed by atoms with Crippen LogP contribution in [0.5, 0.6) is 0 Å². The number of nitrogens with zero attached hydrogens (tertiary/aromatic N) is 1. The number of anilines is 2. The number of hydrogen-bond acceptors (Lipinski definition) is 1. The third kappa shape index (κ3) is 2.46. The van der Waals surface area contributed by atoms with Crippen LogP contribution in [0.15, 0.2) is 42.5 Å². The normalized spacial score (nSPS) is 10.4. The lowest BCUT2D eigenvalue weighted by molar-refractivity contribution is 0.625. The summed E-state index contributed by atoms with van der Waals surface area (Å²) >= 11 is 5.81. The smallest absolute Gasteiger partial charge is 0.147 e. The molecule has 18 heavy (non-hydrogen) atoms. The Bertz CT molecular complexity index is 540. The van der Waals surface area contributed by atoms with E-state index in [1.54, 1.807) is 36.2 Å². The van der Waals surface area contributed by atoms with E-state index in [1.807, 2.05) is 0 Å². The molecule has 0 amide bonds. The van der Waals surface area contributed by atoms with E-state index in [2.05, 4.69) is 0 Å².